The van der Waals surface area contributed by atoms with E-state index in [0.717, 1.165) is 0 Å². The summed E-state index contributed by atoms with van der Waals surface area (Å²) < 4.78 is 0. The monoisotopic (exact) mass is 475 g/mol. The average Bonchev–Trinajstić information content (AvgIpc) is 2.76. The van der Waals surface area contributed by atoms with Crippen LogP contribution in [0.3, 0.4) is 0 Å². The van der Waals surface area contributed by atoms with Crippen molar-refractivity contribution in [3.05, 3.63) is 58.0 Å². The third kappa shape index (κ3) is 7.52. The molecule has 0 unspecified atom stereocenters. The lowest BCUT2D eigenvalue weighted by Gasteiger charge is -2.08. The third-order valence-corrected chi connectivity index (χ3v) is 6.21. The lowest BCUT2D eigenvalue weighted by atomic mass is 10.1. The molecule has 166 valence electrons. The van der Waals surface area contributed by atoms with Gasteiger partial charge in [0.1, 0.15) is 17.0 Å². The summed E-state index contributed by atoms with van der Waals surface area (Å²) in [5.74, 6) is -0.175. The fraction of sp³-hybridized carbons (Fsp3) is 0.222. The zero-order valence-corrected chi connectivity index (χ0v) is 18.2. The number of azide groups is 1. The Balaban J connectivity index is 1.63. The van der Waals surface area contributed by atoms with Crippen LogP contribution in [0.4, 0.5) is 11.4 Å². The Kier molecular flexibility index (Phi) is 9.88. The van der Waals surface area contributed by atoms with E-state index in [1.807, 2.05) is 0 Å². The van der Waals surface area contributed by atoms with E-state index in [2.05, 4.69) is 30.7 Å². The zero-order chi connectivity index (χ0) is 23.3. The summed E-state index contributed by atoms with van der Waals surface area (Å²) in [5.41, 5.74) is 15.7. The highest BCUT2D eigenvalue weighted by molar-refractivity contribution is 8.76. The molecule has 2 aromatic carbocycles. The molecule has 0 heterocycles. The maximum Gasteiger partial charge on any atom is 0.255 e. The maximum atomic E-state index is 12.1. The van der Waals surface area contributed by atoms with Crippen molar-refractivity contribution in [2.45, 2.75) is 0 Å². The Morgan fingerprint density at radius 1 is 0.906 bits per heavy atom. The van der Waals surface area contributed by atoms with Crippen LogP contribution in [0.5, 0.6) is 11.5 Å². The van der Waals surface area contributed by atoms with Gasteiger partial charge in [-0.15, -0.1) is 0 Å². The largest absolute Gasteiger partial charge is 0.507 e. The molecule has 0 bridgehead atoms. The van der Waals surface area contributed by atoms with Gasteiger partial charge in [-0.25, -0.2) is 0 Å². The van der Waals surface area contributed by atoms with Gasteiger partial charge in [-0.05, 0) is 29.8 Å². The molecule has 5 N–H and O–H groups in total. The van der Waals surface area contributed by atoms with Gasteiger partial charge in [-0.1, -0.05) is 32.8 Å². The molecule has 0 spiro atoms. The van der Waals surface area contributed by atoms with Gasteiger partial charge in [0.2, 0.25) is 4.91 Å². The summed E-state index contributed by atoms with van der Waals surface area (Å²) in [6.07, 6.45) is 0. The molecule has 0 saturated heterocycles. The molecule has 0 aromatic heterocycles. The van der Waals surface area contributed by atoms with E-state index in [9.17, 15) is 19.8 Å². The molecular weight excluding hydrogens is 456 g/mol. The molecule has 2 aromatic rings. The van der Waals surface area contributed by atoms with Crippen LogP contribution in [0.1, 0.15) is 20.7 Å². The van der Waals surface area contributed by atoms with Crippen LogP contribution >= 0.6 is 21.6 Å². The second-order valence-corrected chi connectivity index (χ2v) is 8.65. The molecular formula is C18H19N8O4S2+. The van der Waals surface area contributed by atoms with Crippen LogP contribution in [0.2, 0.25) is 0 Å². The second-order valence-electron chi connectivity index (χ2n) is 5.95. The minimum atomic E-state index is -0.442. The molecule has 0 saturated carbocycles. The van der Waals surface area contributed by atoms with Crippen molar-refractivity contribution in [3.8, 4) is 11.5 Å². The van der Waals surface area contributed by atoms with Crippen LogP contribution in [-0.4, -0.2) is 46.6 Å². The van der Waals surface area contributed by atoms with Crippen LogP contribution in [0.25, 0.3) is 10.4 Å². The molecule has 0 aliphatic rings. The van der Waals surface area contributed by atoms with Crippen LogP contribution in [0, 0.1) is 5.53 Å². The molecule has 2 amide bonds. The SMILES string of the molecule is [N-]=[N+]=Nc1ccc(C(=O)NCCSSCCNC(=O)c2ccc(N=[N+]=N)cc2O)c(O)c1. The summed E-state index contributed by atoms with van der Waals surface area (Å²) in [6, 6.07) is 8.15. The molecule has 0 fully saturated rings. The molecule has 0 radical (unpaired) electrons. The van der Waals surface area contributed by atoms with Crippen LogP contribution in [0.15, 0.2) is 46.6 Å². The van der Waals surface area contributed by atoms with Gasteiger partial charge in [0.25, 0.3) is 11.8 Å². The number of carbonyl (C=O) groups excluding carboxylic acids is 2. The Morgan fingerprint density at radius 3 is 1.78 bits per heavy atom. The lowest BCUT2D eigenvalue weighted by molar-refractivity contribution is 0.0945. The number of rotatable bonds is 11. The number of hydrogen-bond acceptors (Lipinski definition) is 9. The summed E-state index contributed by atoms with van der Waals surface area (Å²) in [4.78, 5) is 29.7. The Morgan fingerprint density at radius 2 is 1.38 bits per heavy atom. The highest BCUT2D eigenvalue weighted by Crippen LogP contribution is 2.25. The first-order valence-corrected chi connectivity index (χ1v) is 11.5. The van der Waals surface area contributed by atoms with E-state index >= 15 is 0 Å². The van der Waals surface area contributed by atoms with E-state index in [4.69, 9.17) is 11.1 Å². The standard InChI is InChI=1S/C18H18N8O4S2/c19-25-23-11-1-3-13(15(27)9-11)17(29)21-5-7-31-32-8-6-22-18(30)14-4-2-12(24-26-20)10-16(14)28/h1-4,9-10,19H,5-8H2,(H3-,21,22,27,28,29,30)/p+1. The minimum Gasteiger partial charge on any atom is -0.507 e. The maximum absolute atomic E-state index is 12.1. The predicted molar refractivity (Wildman–Crippen MR) is 122 cm³/mol. The predicted octanol–water partition coefficient (Wildman–Crippen LogP) is 3.76. The summed E-state index contributed by atoms with van der Waals surface area (Å²) >= 11 is 0. The zero-order valence-electron chi connectivity index (χ0n) is 16.6. The van der Waals surface area contributed by atoms with Crippen molar-refractivity contribution < 1.29 is 19.8 Å². The Hall–Kier alpha value is -3.70. The topological polar surface area (TPSA) is 198 Å². The minimum absolute atomic E-state index is 0.0845. The van der Waals surface area contributed by atoms with Gasteiger partial charge in [-0.3, -0.25) is 9.59 Å². The number of benzene rings is 2. The van der Waals surface area contributed by atoms with Crippen molar-refractivity contribution in [3.63, 3.8) is 0 Å². The molecule has 14 heteroatoms. The normalized spacial score (nSPS) is 9.88. The summed E-state index contributed by atoms with van der Waals surface area (Å²) in [7, 11) is 3.01. The Labute approximate surface area is 190 Å². The van der Waals surface area contributed by atoms with E-state index in [1.54, 1.807) is 0 Å². The van der Waals surface area contributed by atoms with Crippen molar-refractivity contribution >= 4 is 44.8 Å². The van der Waals surface area contributed by atoms with Crippen molar-refractivity contribution in [1.29, 1.82) is 5.53 Å². The number of carbonyl (C=O) groups is 2. The van der Waals surface area contributed by atoms with E-state index in [0.29, 0.717) is 24.6 Å². The quantitative estimate of drug-likeness (QED) is 0.108. The van der Waals surface area contributed by atoms with Crippen molar-refractivity contribution in [2.75, 3.05) is 24.6 Å². The second kappa shape index (κ2) is 12.9. The molecule has 0 aliphatic heterocycles. The van der Waals surface area contributed by atoms with Gasteiger partial charge in [-0.2, -0.15) is 0 Å². The van der Waals surface area contributed by atoms with Gasteiger partial charge < -0.3 is 20.8 Å². The van der Waals surface area contributed by atoms with E-state index in [1.165, 1.54) is 58.0 Å². The first-order valence-electron chi connectivity index (χ1n) is 9.05. The molecule has 32 heavy (non-hydrogen) atoms. The smallest absolute Gasteiger partial charge is 0.255 e. The van der Waals surface area contributed by atoms with Crippen molar-refractivity contribution in [2.24, 2.45) is 10.2 Å². The lowest BCUT2D eigenvalue weighted by Crippen LogP contribution is -2.26. The summed E-state index contributed by atoms with van der Waals surface area (Å²) in [5, 5.41) is 31.9. The molecule has 0 aliphatic carbocycles. The van der Waals surface area contributed by atoms with Gasteiger partial charge in [0.05, 0.1) is 11.1 Å². The number of nitrogens with one attached hydrogen (secondary N) is 3. The number of phenolic OH excluding ortho intramolecular Hbond substituents is 2. The Bertz CT molecular complexity index is 999. The van der Waals surface area contributed by atoms with E-state index < -0.39 is 11.8 Å². The molecule has 2 rings (SSSR count). The van der Waals surface area contributed by atoms with Crippen molar-refractivity contribution in [1.82, 2.24) is 15.5 Å². The fourth-order valence-electron chi connectivity index (χ4n) is 2.38. The number of hydrogen-bond donors (Lipinski definition) is 5. The van der Waals surface area contributed by atoms with E-state index in [-0.39, 0.29) is 34.0 Å². The van der Waals surface area contributed by atoms with Crippen LogP contribution in [-0.2, 0) is 0 Å². The first-order chi connectivity index (χ1) is 15.5. The number of aromatic hydroxyl groups is 2. The van der Waals surface area contributed by atoms with Gasteiger partial charge in [0.15, 0.2) is 10.8 Å². The average molecular weight is 476 g/mol. The summed E-state index contributed by atoms with van der Waals surface area (Å²) in [6.45, 7) is 0.748. The van der Waals surface area contributed by atoms with Gasteiger partial charge in [0, 0.05) is 41.3 Å². The number of nitrogens with zero attached hydrogens (tertiary/aromatic N) is 5. The number of phenols is 2. The fourth-order valence-corrected chi connectivity index (χ4v) is 4.19. The third-order valence-electron chi connectivity index (χ3n) is 3.80. The van der Waals surface area contributed by atoms with Gasteiger partial charge >= 0.3 is 0 Å². The first kappa shape index (κ1) is 24.6. The van der Waals surface area contributed by atoms with Crippen LogP contribution < -0.4 is 15.5 Å². The molecule has 12 nitrogen and oxygen atoms in total. The number of amides is 2. The highest BCUT2D eigenvalue weighted by Gasteiger charge is 2.13. The highest BCUT2D eigenvalue weighted by atomic mass is 33.1. The molecule has 0 atom stereocenters.